The van der Waals surface area contributed by atoms with Crippen molar-refractivity contribution < 1.29 is 41.9 Å². The molecule has 8 heterocycles. The quantitative estimate of drug-likeness (QED) is 0.0423. The average molecular weight is 1530 g/mol. The van der Waals surface area contributed by atoms with Gasteiger partial charge in [-0.15, -0.1) is 0 Å². The van der Waals surface area contributed by atoms with Crippen molar-refractivity contribution in [2.45, 2.75) is 76.5 Å². The van der Waals surface area contributed by atoms with E-state index in [0.29, 0.717) is 18.3 Å². The smallest absolute Gasteiger partial charge is 0.149 e. The molecular weight excluding hydrogens is 1430 g/mol. The van der Waals surface area contributed by atoms with Gasteiger partial charge in [-0.25, -0.2) is 23.4 Å². The molecule has 1 aliphatic carbocycles. The van der Waals surface area contributed by atoms with Crippen LogP contribution in [0, 0.1) is 0 Å². The Balaban J connectivity index is 0.000000146. The van der Waals surface area contributed by atoms with Crippen LogP contribution in [0.3, 0.4) is 0 Å². The van der Waals surface area contributed by atoms with Crippen molar-refractivity contribution in [2.24, 2.45) is 14.1 Å². The fourth-order valence-corrected chi connectivity index (χ4v) is 14.9. The number of anilines is 6. The van der Waals surface area contributed by atoms with Crippen molar-refractivity contribution >= 4 is 77.1 Å². The number of sulfone groups is 1. The van der Waals surface area contributed by atoms with Crippen LogP contribution < -0.4 is 48.4 Å². The summed E-state index contributed by atoms with van der Waals surface area (Å²) in [6.45, 7) is 9.58. The second kappa shape index (κ2) is 36.7. The van der Waals surface area contributed by atoms with Gasteiger partial charge in [0.15, 0.2) is 0 Å². The molecule has 2 N–H and O–H groups in total. The zero-order valence-corrected chi connectivity index (χ0v) is 65.6. The van der Waals surface area contributed by atoms with E-state index in [4.69, 9.17) is 43.4 Å². The lowest BCUT2D eigenvalue weighted by atomic mass is 10.1. The first kappa shape index (κ1) is 78.1. The molecule has 12 aromatic rings. The molecular formula is C83H100N18O9S. The molecule has 3 aliphatic rings. The Bertz CT molecular complexity index is 5150. The van der Waals surface area contributed by atoms with Crippen LogP contribution in [-0.2, 0) is 30.5 Å². The lowest BCUT2D eigenvalue weighted by Crippen LogP contribution is -2.34. The van der Waals surface area contributed by atoms with Crippen molar-refractivity contribution in [3.63, 3.8) is 0 Å². The number of fused-ring (bicyclic) bond motifs is 3. The van der Waals surface area contributed by atoms with Crippen molar-refractivity contribution in [3.05, 3.63) is 165 Å². The molecule has 582 valence electrons. The second-order valence-electron chi connectivity index (χ2n) is 28.3. The highest BCUT2D eigenvalue weighted by molar-refractivity contribution is 7.90. The minimum atomic E-state index is -3.08. The molecule has 0 bridgehead atoms. The van der Waals surface area contributed by atoms with Crippen LogP contribution in [0.25, 0.3) is 66.9 Å². The van der Waals surface area contributed by atoms with Crippen LogP contribution in [0.1, 0.15) is 57.8 Å². The molecule has 0 amide bonds. The monoisotopic (exact) mass is 1520 g/mol. The zero-order valence-electron chi connectivity index (χ0n) is 64.8. The average Bonchev–Trinajstić information content (AvgIpc) is 1.59. The van der Waals surface area contributed by atoms with Crippen molar-refractivity contribution in [3.8, 4) is 68.3 Å². The van der Waals surface area contributed by atoms with Gasteiger partial charge in [-0.3, -0.25) is 29.0 Å². The Labute approximate surface area is 648 Å². The summed E-state index contributed by atoms with van der Waals surface area (Å²) in [5, 5.41) is 26.5. The van der Waals surface area contributed by atoms with Gasteiger partial charge < -0.3 is 63.3 Å². The second-order valence-corrected chi connectivity index (χ2v) is 30.6. The first-order valence-electron chi connectivity index (χ1n) is 37.8. The Morgan fingerprint density at radius 3 is 1.22 bits per heavy atom. The van der Waals surface area contributed by atoms with E-state index in [-0.39, 0.29) is 11.9 Å². The molecule has 1 unspecified atom stereocenters. The Morgan fingerprint density at radius 1 is 0.441 bits per heavy atom. The summed E-state index contributed by atoms with van der Waals surface area (Å²) < 4.78 is 61.6. The maximum Gasteiger partial charge on any atom is 0.149 e. The number of hydrogen-bond donors (Lipinski definition) is 2. The van der Waals surface area contributed by atoms with Crippen LogP contribution in [-0.4, -0.2) is 215 Å². The number of nitrogens with one attached hydrogen (secondary N) is 1. The summed E-state index contributed by atoms with van der Waals surface area (Å²) in [5.41, 5.74) is 15.8. The minimum absolute atomic E-state index is 0.0313. The molecule has 15 rings (SSSR count). The maximum absolute atomic E-state index is 11.5. The van der Waals surface area contributed by atoms with Gasteiger partial charge in [-0.1, -0.05) is 12.8 Å². The number of hydrogen-bond acceptors (Lipinski definition) is 24. The molecule has 111 heavy (non-hydrogen) atoms. The molecule has 3 fully saturated rings. The first-order valence-corrected chi connectivity index (χ1v) is 39.9. The Kier molecular flexibility index (Phi) is 25.8. The third kappa shape index (κ3) is 20.5. The molecule has 6 aromatic heterocycles. The van der Waals surface area contributed by atoms with E-state index < -0.39 is 9.84 Å². The van der Waals surface area contributed by atoms with Crippen LogP contribution >= 0.6 is 0 Å². The van der Waals surface area contributed by atoms with Gasteiger partial charge in [0.25, 0.3) is 0 Å². The SMILES string of the molecule is COc1cc(OC)cc(N(CCCN2CCC(O)C2)c2ccc3ncc(-c4cnn(C)c4)nc3c2)c1.COc1cc(OC)cc(N(CCCN2CCCC2)c2ccc3ncc(-c4cnn(CCS(C)(=O)=O)c4)nc3c2)c1.COc1cc(OC)cc(N(CCNC2CCCC2)c2ccc3ncc(-c4cnn(C)c4)nc3c2)c1. The summed E-state index contributed by atoms with van der Waals surface area (Å²) in [5.74, 6) is 4.47. The molecule has 0 radical (unpaired) electrons. The van der Waals surface area contributed by atoms with E-state index >= 15 is 0 Å². The van der Waals surface area contributed by atoms with E-state index in [1.54, 1.807) is 93.9 Å². The predicted octanol–water partition coefficient (Wildman–Crippen LogP) is 12.5. The summed E-state index contributed by atoms with van der Waals surface area (Å²) in [6.07, 6.45) is 27.8. The summed E-state index contributed by atoms with van der Waals surface area (Å²) in [6, 6.07) is 36.9. The fraction of sp³-hybridized carbons (Fsp3) is 0.386. The number of benzene rings is 6. The molecule has 27 nitrogen and oxygen atoms in total. The number of aliphatic hydroxyl groups excluding tert-OH is 1. The lowest BCUT2D eigenvalue weighted by molar-refractivity contribution is 0.176. The number of aryl methyl sites for hydroxylation is 3. The number of aromatic nitrogens is 12. The molecule has 6 aromatic carbocycles. The molecule has 2 aliphatic heterocycles. The standard InChI is InChI=1S/C29H36N6O4S.C27H32N6O3.C27H32N6O2/c1-38-25-15-24(16-26(18-25)39-2)35(12-6-11-33-9-4-5-10-33)23-7-8-27-28(17-23)32-29(20-30-27)22-19-31-34(21-22)13-14-40(3,36)37;1-31-17-19(15-29-31)27-16-28-25-6-5-20(13-26(25)30-27)33(9-4-8-32-10-7-22(34)18-32)21-11-23(35-2)14-24(12-21)36-3;1-32-18-19(16-30-32)27-17-29-25-9-8-21(14-26(25)31-27)33(11-10-28-20-6-4-5-7-20)22-12-23(34-2)15-24(13-22)35-3/h7-8,15-21H,4-6,9-14H2,1-3H3;5-6,11-17,22,34H,4,7-10,18H2,1-3H3;8-9,12-18,20,28H,4-7,10-11H2,1-3H3. The number of rotatable bonds is 30. The highest BCUT2D eigenvalue weighted by atomic mass is 32.2. The van der Waals surface area contributed by atoms with Gasteiger partial charge in [0.05, 0.1) is 148 Å². The van der Waals surface area contributed by atoms with E-state index in [2.05, 4.69) is 96.5 Å². The normalized spacial score (nSPS) is 14.6. The maximum atomic E-state index is 11.5. The van der Waals surface area contributed by atoms with Gasteiger partial charge in [0.1, 0.15) is 44.3 Å². The topological polar surface area (TPSA) is 269 Å². The van der Waals surface area contributed by atoms with Crippen LogP contribution in [0.4, 0.5) is 34.1 Å². The summed E-state index contributed by atoms with van der Waals surface area (Å²) in [7, 11) is 10.7. The molecule has 1 atom stereocenters. The highest BCUT2D eigenvalue weighted by Crippen LogP contribution is 2.39. The molecule has 2 saturated heterocycles. The molecule has 1 saturated carbocycles. The van der Waals surface area contributed by atoms with Crippen molar-refractivity contribution in [1.82, 2.24) is 74.4 Å². The van der Waals surface area contributed by atoms with E-state index in [0.717, 1.165) is 201 Å². The van der Waals surface area contributed by atoms with Crippen LogP contribution in [0.5, 0.6) is 34.5 Å². The lowest BCUT2D eigenvalue weighted by Gasteiger charge is -2.27. The van der Waals surface area contributed by atoms with Crippen molar-refractivity contribution in [2.75, 3.05) is 135 Å². The zero-order chi connectivity index (χ0) is 77.4. The highest BCUT2D eigenvalue weighted by Gasteiger charge is 2.24. The third-order valence-electron chi connectivity index (χ3n) is 20.4. The van der Waals surface area contributed by atoms with Gasteiger partial charge in [-0.2, -0.15) is 15.3 Å². The molecule has 28 heteroatoms. The number of methoxy groups -OCH3 is 6. The number of ether oxygens (including phenoxy) is 6. The van der Waals surface area contributed by atoms with Gasteiger partial charge in [-0.05, 0) is 126 Å². The summed E-state index contributed by atoms with van der Waals surface area (Å²) >= 11 is 0. The van der Waals surface area contributed by atoms with Crippen LogP contribution in [0.2, 0.25) is 0 Å². The third-order valence-corrected chi connectivity index (χ3v) is 21.3. The van der Waals surface area contributed by atoms with Crippen molar-refractivity contribution in [1.29, 1.82) is 0 Å². The number of β-amino-alcohol motifs (C(OH)–C–C–N with tert-alkyl or cyclic N) is 1. The Hall–Kier alpha value is -11.0. The number of aliphatic hydroxyl groups is 1. The Morgan fingerprint density at radius 2 is 0.838 bits per heavy atom. The van der Waals surface area contributed by atoms with Gasteiger partial charge in [0.2, 0.25) is 0 Å². The molecule has 0 spiro atoms. The number of likely N-dealkylation sites (tertiary alicyclic amines) is 2. The van der Waals surface area contributed by atoms with E-state index in [9.17, 15) is 13.5 Å². The van der Waals surface area contributed by atoms with Crippen LogP contribution in [0.15, 0.2) is 165 Å². The summed E-state index contributed by atoms with van der Waals surface area (Å²) in [4.78, 5) is 40.2. The largest absolute Gasteiger partial charge is 0.497 e. The fourth-order valence-electron chi connectivity index (χ4n) is 14.4. The van der Waals surface area contributed by atoms with Gasteiger partial charge >= 0.3 is 0 Å². The minimum Gasteiger partial charge on any atom is -0.497 e. The predicted molar refractivity (Wildman–Crippen MR) is 436 cm³/mol. The first-order chi connectivity index (χ1) is 53.9. The van der Waals surface area contributed by atoms with Gasteiger partial charge in [0, 0.05) is 190 Å². The van der Waals surface area contributed by atoms with E-state index in [1.807, 2.05) is 105 Å². The van der Waals surface area contributed by atoms with E-state index in [1.165, 1.54) is 57.9 Å². The number of nitrogens with zero attached hydrogens (tertiary/aromatic N) is 17.